The minimum Gasteiger partial charge on any atom is -0.377 e. The van der Waals surface area contributed by atoms with Crippen LogP contribution in [0.3, 0.4) is 0 Å². The Morgan fingerprint density at radius 2 is 2.28 bits per heavy atom. The van der Waals surface area contributed by atoms with Gasteiger partial charge in [0.15, 0.2) is 5.82 Å². The zero-order chi connectivity index (χ0) is 13.1. The minimum absolute atomic E-state index is 0.125. The van der Waals surface area contributed by atoms with Crippen molar-refractivity contribution in [3.05, 3.63) is 18.1 Å². The highest BCUT2D eigenvalue weighted by atomic mass is 16.5. The number of ether oxygens (including phenoxy) is 1. The normalized spacial score (nSPS) is 13.2. The van der Waals surface area contributed by atoms with Crippen molar-refractivity contribution in [3.8, 4) is 11.6 Å². The predicted octanol–water partition coefficient (Wildman–Crippen LogP) is 0.895. The third kappa shape index (κ3) is 2.74. The third-order valence-electron chi connectivity index (χ3n) is 2.42. The SMILES string of the molecule is CC(C)OCC(N)c1noc(-c2ccnn2C)n1. The fraction of sp³-hybridized carbons (Fsp3) is 0.545. The van der Waals surface area contributed by atoms with Crippen LogP contribution >= 0.6 is 0 Å². The van der Waals surface area contributed by atoms with Gasteiger partial charge in [-0.15, -0.1) is 0 Å². The molecule has 2 heterocycles. The topological polar surface area (TPSA) is 92.0 Å². The summed E-state index contributed by atoms with van der Waals surface area (Å²) in [6.07, 6.45) is 1.79. The highest BCUT2D eigenvalue weighted by Crippen LogP contribution is 2.17. The lowest BCUT2D eigenvalue weighted by Crippen LogP contribution is -2.20. The Kier molecular flexibility index (Phi) is 3.73. The van der Waals surface area contributed by atoms with Crippen molar-refractivity contribution in [1.29, 1.82) is 0 Å². The van der Waals surface area contributed by atoms with Gasteiger partial charge >= 0.3 is 0 Å². The van der Waals surface area contributed by atoms with Gasteiger partial charge < -0.3 is 15.0 Å². The molecule has 2 rings (SSSR count). The first-order chi connectivity index (χ1) is 8.58. The van der Waals surface area contributed by atoms with Gasteiger partial charge in [-0.3, -0.25) is 4.68 Å². The highest BCUT2D eigenvalue weighted by molar-refractivity contribution is 5.45. The van der Waals surface area contributed by atoms with E-state index in [1.807, 2.05) is 13.8 Å². The molecule has 0 bridgehead atoms. The van der Waals surface area contributed by atoms with Crippen LogP contribution in [-0.2, 0) is 11.8 Å². The van der Waals surface area contributed by atoms with E-state index in [2.05, 4.69) is 15.2 Å². The predicted molar refractivity (Wildman–Crippen MR) is 64.5 cm³/mol. The molecule has 0 saturated heterocycles. The summed E-state index contributed by atoms with van der Waals surface area (Å²) in [7, 11) is 1.81. The lowest BCUT2D eigenvalue weighted by molar-refractivity contribution is 0.0665. The van der Waals surface area contributed by atoms with Crippen molar-refractivity contribution in [2.45, 2.75) is 26.0 Å². The van der Waals surface area contributed by atoms with Crippen molar-refractivity contribution in [2.24, 2.45) is 12.8 Å². The summed E-state index contributed by atoms with van der Waals surface area (Å²) in [5, 5.41) is 7.90. The van der Waals surface area contributed by atoms with Crippen LogP contribution in [0.25, 0.3) is 11.6 Å². The van der Waals surface area contributed by atoms with Crippen LogP contribution in [0.15, 0.2) is 16.8 Å². The molecule has 0 aliphatic rings. The van der Waals surface area contributed by atoms with Gasteiger partial charge in [-0.05, 0) is 19.9 Å². The zero-order valence-electron chi connectivity index (χ0n) is 10.7. The van der Waals surface area contributed by atoms with Gasteiger partial charge in [-0.1, -0.05) is 5.16 Å². The summed E-state index contributed by atoms with van der Waals surface area (Å²) >= 11 is 0. The minimum atomic E-state index is -0.391. The van der Waals surface area contributed by atoms with Crippen molar-refractivity contribution in [2.75, 3.05) is 6.61 Å². The maximum Gasteiger partial charge on any atom is 0.276 e. The first kappa shape index (κ1) is 12.7. The number of rotatable bonds is 5. The van der Waals surface area contributed by atoms with E-state index in [1.54, 1.807) is 24.0 Å². The van der Waals surface area contributed by atoms with E-state index >= 15 is 0 Å². The van der Waals surface area contributed by atoms with Crippen LogP contribution in [0.5, 0.6) is 0 Å². The molecule has 2 aromatic heterocycles. The Bertz CT molecular complexity index is 505. The van der Waals surface area contributed by atoms with Crippen molar-refractivity contribution >= 4 is 0 Å². The number of nitrogens with zero attached hydrogens (tertiary/aromatic N) is 4. The molecule has 1 unspecified atom stereocenters. The van der Waals surface area contributed by atoms with Crippen LogP contribution in [0.2, 0.25) is 0 Å². The van der Waals surface area contributed by atoms with Crippen LogP contribution < -0.4 is 5.73 Å². The third-order valence-corrected chi connectivity index (χ3v) is 2.42. The molecule has 1 atom stereocenters. The van der Waals surface area contributed by atoms with E-state index in [0.717, 1.165) is 5.69 Å². The molecule has 2 aromatic rings. The maximum atomic E-state index is 5.92. The summed E-state index contributed by atoms with van der Waals surface area (Å²) in [6, 6.07) is 1.41. The Balaban J connectivity index is 2.08. The van der Waals surface area contributed by atoms with Crippen LogP contribution in [-0.4, -0.2) is 32.6 Å². The molecule has 0 saturated carbocycles. The molecule has 2 N–H and O–H groups in total. The molecule has 0 aliphatic carbocycles. The lowest BCUT2D eigenvalue weighted by atomic mass is 10.3. The van der Waals surface area contributed by atoms with Gasteiger partial charge in [-0.25, -0.2) is 0 Å². The second-order valence-electron chi connectivity index (χ2n) is 4.29. The number of hydrogen-bond acceptors (Lipinski definition) is 6. The monoisotopic (exact) mass is 251 g/mol. The summed E-state index contributed by atoms with van der Waals surface area (Å²) < 4.78 is 12.2. The molecule has 7 nitrogen and oxygen atoms in total. The van der Waals surface area contributed by atoms with Crippen LogP contribution in [0.1, 0.15) is 25.7 Å². The molecule has 0 radical (unpaired) electrons. The first-order valence-corrected chi connectivity index (χ1v) is 5.77. The molecule has 0 spiro atoms. The first-order valence-electron chi connectivity index (χ1n) is 5.77. The number of nitrogens with two attached hydrogens (primary N) is 1. The van der Waals surface area contributed by atoms with Gasteiger partial charge in [0.05, 0.1) is 18.8 Å². The molecule has 0 amide bonds. The highest BCUT2D eigenvalue weighted by Gasteiger charge is 2.17. The van der Waals surface area contributed by atoms with Gasteiger partial charge in [0.2, 0.25) is 0 Å². The van der Waals surface area contributed by atoms with Crippen LogP contribution in [0, 0.1) is 0 Å². The molecular weight excluding hydrogens is 234 g/mol. The second kappa shape index (κ2) is 5.28. The van der Waals surface area contributed by atoms with Crippen molar-refractivity contribution < 1.29 is 9.26 Å². The van der Waals surface area contributed by atoms with E-state index in [1.165, 1.54) is 0 Å². The number of aromatic nitrogens is 4. The number of aryl methyl sites for hydroxylation is 1. The van der Waals surface area contributed by atoms with Gasteiger partial charge in [-0.2, -0.15) is 10.1 Å². The molecule has 0 fully saturated rings. The fourth-order valence-corrected chi connectivity index (χ4v) is 1.44. The van der Waals surface area contributed by atoms with E-state index in [0.29, 0.717) is 18.3 Å². The molecule has 7 heteroatoms. The Hall–Kier alpha value is -1.73. The summed E-state index contributed by atoms with van der Waals surface area (Å²) in [6.45, 7) is 4.26. The average Bonchev–Trinajstić information content (AvgIpc) is 2.93. The summed E-state index contributed by atoms with van der Waals surface area (Å²) in [5.74, 6) is 0.844. The lowest BCUT2D eigenvalue weighted by Gasteiger charge is -2.10. The van der Waals surface area contributed by atoms with Crippen molar-refractivity contribution in [3.63, 3.8) is 0 Å². The molecule has 0 aliphatic heterocycles. The van der Waals surface area contributed by atoms with Crippen LogP contribution in [0.4, 0.5) is 0 Å². The van der Waals surface area contributed by atoms with Gasteiger partial charge in [0.25, 0.3) is 5.89 Å². The molecule has 18 heavy (non-hydrogen) atoms. The van der Waals surface area contributed by atoms with E-state index < -0.39 is 6.04 Å². The summed E-state index contributed by atoms with van der Waals surface area (Å²) in [4.78, 5) is 4.25. The average molecular weight is 251 g/mol. The standard InChI is InChI=1S/C11H17N5O2/c1-7(2)17-6-8(12)10-14-11(18-15-10)9-4-5-13-16(9)3/h4-5,7-8H,6,12H2,1-3H3. The van der Waals surface area contributed by atoms with E-state index in [-0.39, 0.29) is 6.10 Å². The summed E-state index contributed by atoms with van der Waals surface area (Å²) in [5.41, 5.74) is 6.67. The van der Waals surface area contributed by atoms with Gasteiger partial charge in [0.1, 0.15) is 5.69 Å². The zero-order valence-corrected chi connectivity index (χ0v) is 10.7. The van der Waals surface area contributed by atoms with Gasteiger partial charge in [0, 0.05) is 13.2 Å². The quantitative estimate of drug-likeness (QED) is 0.848. The Labute approximate surface area is 105 Å². The fourth-order valence-electron chi connectivity index (χ4n) is 1.44. The molecule has 0 aromatic carbocycles. The van der Waals surface area contributed by atoms with Crippen molar-refractivity contribution in [1.82, 2.24) is 19.9 Å². The Morgan fingerprint density at radius 3 is 2.89 bits per heavy atom. The Morgan fingerprint density at radius 1 is 1.50 bits per heavy atom. The smallest absolute Gasteiger partial charge is 0.276 e. The van der Waals surface area contributed by atoms with E-state index in [9.17, 15) is 0 Å². The van der Waals surface area contributed by atoms with E-state index in [4.69, 9.17) is 15.0 Å². The molecular formula is C11H17N5O2. The number of hydrogen-bond donors (Lipinski definition) is 1. The maximum absolute atomic E-state index is 5.92. The second-order valence-corrected chi connectivity index (χ2v) is 4.29. The molecule has 98 valence electrons. The largest absolute Gasteiger partial charge is 0.377 e.